The van der Waals surface area contributed by atoms with Crippen molar-refractivity contribution in [2.75, 3.05) is 12.3 Å². The second-order valence-electron chi connectivity index (χ2n) is 4.98. The van der Waals surface area contributed by atoms with Gasteiger partial charge in [0.15, 0.2) is 0 Å². The molecule has 0 saturated carbocycles. The zero-order chi connectivity index (χ0) is 15.2. The van der Waals surface area contributed by atoms with Gasteiger partial charge in [-0.3, -0.25) is 4.79 Å². The molecule has 4 heteroatoms. The predicted octanol–water partition coefficient (Wildman–Crippen LogP) is 3.37. The van der Waals surface area contributed by atoms with Crippen LogP contribution in [0.25, 0.3) is 0 Å². The number of hydrogen-bond acceptors (Lipinski definition) is 3. The largest absolute Gasteiger partial charge is 0.492 e. The number of benzene rings is 1. The third kappa shape index (κ3) is 3.65. The number of amides is 1. The predicted molar refractivity (Wildman–Crippen MR) is 83.1 cm³/mol. The first-order valence-electron chi connectivity index (χ1n) is 7.36. The Balaban J connectivity index is 2.90. The number of anilines is 1. The molecule has 0 radical (unpaired) electrons. The van der Waals surface area contributed by atoms with Gasteiger partial charge in [-0.25, -0.2) is 0 Å². The summed E-state index contributed by atoms with van der Waals surface area (Å²) in [5.41, 5.74) is 6.84. The highest BCUT2D eigenvalue weighted by atomic mass is 16.5. The van der Waals surface area contributed by atoms with Crippen LogP contribution in [0.4, 0.5) is 5.69 Å². The maximum atomic E-state index is 12.4. The summed E-state index contributed by atoms with van der Waals surface area (Å²) in [6.07, 6.45) is 2.74. The molecule has 0 heterocycles. The van der Waals surface area contributed by atoms with E-state index in [1.165, 1.54) is 0 Å². The highest BCUT2D eigenvalue weighted by Crippen LogP contribution is 2.24. The van der Waals surface area contributed by atoms with Crippen molar-refractivity contribution in [1.82, 2.24) is 5.32 Å². The minimum Gasteiger partial charge on any atom is -0.492 e. The van der Waals surface area contributed by atoms with E-state index >= 15 is 0 Å². The van der Waals surface area contributed by atoms with Crippen molar-refractivity contribution in [3.63, 3.8) is 0 Å². The van der Waals surface area contributed by atoms with Gasteiger partial charge in [-0.2, -0.15) is 0 Å². The molecule has 3 N–H and O–H groups in total. The smallest absolute Gasteiger partial charge is 0.251 e. The number of nitrogens with one attached hydrogen (secondary N) is 1. The first kappa shape index (κ1) is 16.3. The maximum absolute atomic E-state index is 12.4. The number of ether oxygens (including phenoxy) is 1. The summed E-state index contributed by atoms with van der Waals surface area (Å²) in [4.78, 5) is 12.4. The SMILES string of the molecule is CCOc1ccc(C(=O)NC(CC)(CC)CC)cc1N. The lowest BCUT2D eigenvalue weighted by Gasteiger charge is -2.31. The number of nitrogen functional groups attached to an aromatic ring is 1. The molecule has 1 rings (SSSR count). The quantitative estimate of drug-likeness (QED) is 0.752. The molecule has 112 valence electrons. The van der Waals surface area contributed by atoms with E-state index in [1.54, 1.807) is 18.2 Å². The van der Waals surface area contributed by atoms with Crippen LogP contribution >= 0.6 is 0 Å². The van der Waals surface area contributed by atoms with E-state index in [2.05, 4.69) is 26.1 Å². The molecule has 0 unspecified atom stereocenters. The Morgan fingerprint density at radius 2 is 1.80 bits per heavy atom. The minimum absolute atomic E-state index is 0.0784. The molecule has 1 aromatic rings. The van der Waals surface area contributed by atoms with Crippen molar-refractivity contribution < 1.29 is 9.53 Å². The molecule has 20 heavy (non-hydrogen) atoms. The molecule has 4 nitrogen and oxygen atoms in total. The zero-order valence-corrected chi connectivity index (χ0v) is 13.0. The summed E-state index contributed by atoms with van der Waals surface area (Å²) in [5, 5.41) is 3.14. The monoisotopic (exact) mass is 278 g/mol. The van der Waals surface area contributed by atoms with E-state index in [-0.39, 0.29) is 11.4 Å². The molecule has 0 aliphatic carbocycles. The van der Waals surface area contributed by atoms with Gasteiger partial charge in [-0.05, 0) is 44.4 Å². The molecule has 0 aliphatic heterocycles. The van der Waals surface area contributed by atoms with Crippen molar-refractivity contribution in [2.45, 2.75) is 52.5 Å². The minimum atomic E-state index is -0.134. The Bertz CT molecular complexity index is 446. The van der Waals surface area contributed by atoms with Crippen LogP contribution in [0, 0.1) is 0 Å². The second kappa shape index (κ2) is 7.17. The van der Waals surface area contributed by atoms with E-state index < -0.39 is 0 Å². The number of hydrogen-bond donors (Lipinski definition) is 2. The van der Waals surface area contributed by atoms with Crippen LogP contribution < -0.4 is 15.8 Å². The molecule has 0 bridgehead atoms. The van der Waals surface area contributed by atoms with Crippen LogP contribution in [0.5, 0.6) is 5.75 Å². The molecule has 0 saturated heterocycles. The summed E-state index contributed by atoms with van der Waals surface area (Å²) in [6.45, 7) is 8.75. The first-order valence-corrected chi connectivity index (χ1v) is 7.36. The van der Waals surface area contributed by atoms with Gasteiger partial charge in [-0.15, -0.1) is 0 Å². The van der Waals surface area contributed by atoms with Crippen LogP contribution in [-0.2, 0) is 0 Å². The lowest BCUT2D eigenvalue weighted by atomic mass is 9.89. The summed E-state index contributed by atoms with van der Waals surface area (Å²) in [6, 6.07) is 5.17. The average molecular weight is 278 g/mol. The van der Waals surface area contributed by atoms with Gasteiger partial charge in [0, 0.05) is 11.1 Å². The van der Waals surface area contributed by atoms with Crippen molar-refractivity contribution >= 4 is 11.6 Å². The summed E-state index contributed by atoms with van der Waals surface area (Å²) >= 11 is 0. The third-order valence-electron chi connectivity index (χ3n) is 3.98. The fraction of sp³-hybridized carbons (Fsp3) is 0.562. The van der Waals surface area contributed by atoms with Gasteiger partial charge in [0.1, 0.15) is 5.75 Å². The molecule has 0 fully saturated rings. The van der Waals surface area contributed by atoms with Gasteiger partial charge >= 0.3 is 0 Å². The third-order valence-corrected chi connectivity index (χ3v) is 3.98. The maximum Gasteiger partial charge on any atom is 0.251 e. The first-order chi connectivity index (χ1) is 9.51. The molecule has 0 aliphatic rings. The van der Waals surface area contributed by atoms with Crippen LogP contribution in [0.1, 0.15) is 57.3 Å². The fourth-order valence-corrected chi connectivity index (χ4v) is 2.30. The number of carbonyl (C=O) groups is 1. The Morgan fingerprint density at radius 1 is 1.20 bits per heavy atom. The van der Waals surface area contributed by atoms with Crippen LogP contribution in [0.2, 0.25) is 0 Å². The highest BCUT2D eigenvalue weighted by Gasteiger charge is 2.26. The van der Waals surface area contributed by atoms with Gasteiger partial charge < -0.3 is 15.8 Å². The van der Waals surface area contributed by atoms with E-state index in [0.29, 0.717) is 23.6 Å². The standard InChI is InChI=1S/C16H26N2O2/c1-5-16(6-2,7-3)18-15(19)12-9-10-14(20-8-4)13(17)11-12/h9-11H,5-8,17H2,1-4H3,(H,18,19). The van der Waals surface area contributed by atoms with Crippen molar-refractivity contribution in [3.8, 4) is 5.75 Å². The topological polar surface area (TPSA) is 64.3 Å². The van der Waals surface area contributed by atoms with E-state index in [1.807, 2.05) is 6.92 Å². The Morgan fingerprint density at radius 3 is 2.25 bits per heavy atom. The molecule has 0 atom stereocenters. The Kier molecular flexibility index (Phi) is 5.86. The Hall–Kier alpha value is -1.71. The van der Waals surface area contributed by atoms with Crippen LogP contribution in [0.3, 0.4) is 0 Å². The van der Waals surface area contributed by atoms with E-state index in [0.717, 1.165) is 19.3 Å². The van der Waals surface area contributed by atoms with E-state index in [4.69, 9.17) is 10.5 Å². The lowest BCUT2D eigenvalue weighted by molar-refractivity contribution is 0.0888. The fourth-order valence-electron chi connectivity index (χ4n) is 2.30. The van der Waals surface area contributed by atoms with Crippen molar-refractivity contribution in [1.29, 1.82) is 0 Å². The molecule has 0 spiro atoms. The molecule has 1 amide bonds. The summed E-state index contributed by atoms with van der Waals surface area (Å²) < 4.78 is 5.38. The average Bonchev–Trinajstić information content (AvgIpc) is 2.47. The van der Waals surface area contributed by atoms with Gasteiger partial charge in [-0.1, -0.05) is 20.8 Å². The number of carbonyl (C=O) groups excluding carboxylic acids is 1. The normalized spacial score (nSPS) is 11.2. The van der Waals surface area contributed by atoms with Crippen molar-refractivity contribution in [3.05, 3.63) is 23.8 Å². The highest BCUT2D eigenvalue weighted by molar-refractivity contribution is 5.96. The second-order valence-corrected chi connectivity index (χ2v) is 4.98. The zero-order valence-electron chi connectivity index (χ0n) is 13.0. The van der Waals surface area contributed by atoms with Gasteiger partial charge in [0.05, 0.1) is 12.3 Å². The molecule has 0 aromatic heterocycles. The van der Waals surface area contributed by atoms with Gasteiger partial charge in [0.2, 0.25) is 0 Å². The molecule has 1 aromatic carbocycles. The van der Waals surface area contributed by atoms with E-state index in [9.17, 15) is 4.79 Å². The summed E-state index contributed by atoms with van der Waals surface area (Å²) in [7, 11) is 0. The summed E-state index contributed by atoms with van der Waals surface area (Å²) in [5.74, 6) is 0.544. The molecular weight excluding hydrogens is 252 g/mol. The van der Waals surface area contributed by atoms with Gasteiger partial charge in [0.25, 0.3) is 5.91 Å². The Labute approximate surface area is 121 Å². The van der Waals surface area contributed by atoms with Crippen LogP contribution in [-0.4, -0.2) is 18.1 Å². The van der Waals surface area contributed by atoms with Crippen LogP contribution in [0.15, 0.2) is 18.2 Å². The number of nitrogens with two attached hydrogens (primary N) is 1. The van der Waals surface area contributed by atoms with Crippen molar-refractivity contribution in [2.24, 2.45) is 0 Å². The molecular formula is C16H26N2O2. The number of rotatable bonds is 7. The lowest BCUT2D eigenvalue weighted by Crippen LogP contribution is -2.47.